The molecule has 2 saturated heterocycles. The van der Waals surface area contributed by atoms with Gasteiger partial charge in [0, 0.05) is 0 Å². The molecule has 0 bridgehead atoms. The van der Waals surface area contributed by atoms with Crippen LogP contribution in [-0.2, 0) is 0 Å². The minimum absolute atomic E-state index is 0.0489. The molecule has 2 aliphatic heterocycles. The van der Waals surface area contributed by atoms with Crippen molar-refractivity contribution in [3.8, 4) is 0 Å². The van der Waals surface area contributed by atoms with Crippen molar-refractivity contribution < 1.29 is 0 Å². The Balaban J connectivity index is 0.00000151. The van der Waals surface area contributed by atoms with Crippen LogP contribution in [0.3, 0.4) is 0 Å². The van der Waals surface area contributed by atoms with Crippen molar-refractivity contribution in [2.45, 2.75) is 94.5 Å². The van der Waals surface area contributed by atoms with Crippen molar-refractivity contribution in [2.24, 2.45) is 11.3 Å². The maximum atomic E-state index is 2.83. The first-order valence-corrected chi connectivity index (χ1v) is 14.6. The molecule has 2 aliphatic rings. The molecule has 0 atom stereocenters. The molecule has 2 rings (SSSR count). The average molecular weight is 457 g/mol. The first-order chi connectivity index (χ1) is 11.7. The fraction of sp³-hybridized carbons (Fsp3) is 1.00. The normalized spacial score (nSPS) is 22.6. The Labute approximate surface area is 169 Å². The van der Waals surface area contributed by atoms with Gasteiger partial charge in [-0.25, -0.2) is 0 Å². The van der Waals surface area contributed by atoms with Crippen molar-refractivity contribution in [2.75, 3.05) is 33.2 Å². The Bertz CT molecular complexity index is 351. The third kappa shape index (κ3) is 7.33. The number of hydrogen-bond donors (Lipinski definition) is 0. The SMILES string of the molecule is CC.C[CH2][Sn][CH]1CCN(C(C)(C)CC(C)(C)C2CCN(C)CC2)CC1. The van der Waals surface area contributed by atoms with Crippen molar-refractivity contribution in [1.29, 1.82) is 0 Å². The van der Waals surface area contributed by atoms with Gasteiger partial charge in [-0.2, -0.15) is 0 Å². The van der Waals surface area contributed by atoms with Crippen LogP contribution in [0.1, 0.15) is 80.6 Å². The van der Waals surface area contributed by atoms with Gasteiger partial charge in [0.05, 0.1) is 0 Å². The summed E-state index contributed by atoms with van der Waals surface area (Å²) < 4.78 is 2.69. The summed E-state index contributed by atoms with van der Waals surface area (Å²) in [6.45, 7) is 21.8. The minimum atomic E-state index is -0.0489. The Morgan fingerprint density at radius 2 is 1.40 bits per heavy atom. The summed E-state index contributed by atoms with van der Waals surface area (Å²) >= 11 is -0.0489. The molecule has 0 aliphatic carbocycles. The predicted octanol–water partition coefficient (Wildman–Crippen LogP) is 5.58. The number of likely N-dealkylation sites (tertiary alicyclic amines) is 2. The number of hydrogen-bond acceptors (Lipinski definition) is 2. The molecule has 2 radical (unpaired) electrons. The molecule has 0 unspecified atom stereocenters. The molecule has 0 aromatic rings. The van der Waals surface area contributed by atoms with E-state index in [9.17, 15) is 0 Å². The van der Waals surface area contributed by atoms with Gasteiger partial charge in [0.1, 0.15) is 0 Å². The van der Waals surface area contributed by atoms with Gasteiger partial charge in [0.25, 0.3) is 0 Å². The van der Waals surface area contributed by atoms with Gasteiger partial charge in [0.2, 0.25) is 0 Å². The van der Waals surface area contributed by atoms with E-state index in [4.69, 9.17) is 0 Å². The summed E-state index contributed by atoms with van der Waals surface area (Å²) in [5, 5.41) is 0. The quantitative estimate of drug-likeness (QED) is 0.481. The van der Waals surface area contributed by atoms with Gasteiger partial charge in [-0.05, 0) is 0 Å². The molecule has 25 heavy (non-hydrogen) atoms. The number of piperidine rings is 2. The van der Waals surface area contributed by atoms with Crippen molar-refractivity contribution >= 4 is 21.1 Å². The van der Waals surface area contributed by atoms with Crippen LogP contribution in [0.4, 0.5) is 0 Å². The molecule has 2 heterocycles. The second-order valence-electron chi connectivity index (χ2n) is 9.37. The van der Waals surface area contributed by atoms with Gasteiger partial charge in [0.15, 0.2) is 0 Å². The Kier molecular flexibility index (Phi) is 10.4. The standard InChI is InChI=1S/C18H35N2.C2H6.C2H5.Sn/c1-17(2,16-9-13-19(5)14-10-16)15-18(3,4)20-11-7-6-8-12-20;2*1-2;/h6,16H,7-15H2,1-5H3;1-2H3;1H2,2H3;. The van der Waals surface area contributed by atoms with Gasteiger partial charge >= 0.3 is 156 Å². The average Bonchev–Trinajstić information content (AvgIpc) is 2.57. The Hall–Kier alpha value is 0.719. The molecule has 0 aromatic heterocycles. The summed E-state index contributed by atoms with van der Waals surface area (Å²) in [6.07, 6.45) is 7.14. The van der Waals surface area contributed by atoms with Crippen molar-refractivity contribution in [3.63, 3.8) is 0 Å². The Morgan fingerprint density at radius 3 is 1.88 bits per heavy atom. The van der Waals surface area contributed by atoms with E-state index >= 15 is 0 Å². The predicted molar refractivity (Wildman–Crippen MR) is 115 cm³/mol. The van der Waals surface area contributed by atoms with Crippen LogP contribution < -0.4 is 0 Å². The second-order valence-corrected chi connectivity index (χ2v) is 14.9. The van der Waals surface area contributed by atoms with E-state index in [0.29, 0.717) is 11.0 Å². The molecule has 0 aromatic carbocycles. The molecule has 0 saturated carbocycles. The summed E-state index contributed by atoms with van der Waals surface area (Å²) in [5.41, 5.74) is 0.844. The van der Waals surface area contributed by atoms with Crippen LogP contribution in [0.2, 0.25) is 8.37 Å². The molecule has 3 heteroatoms. The van der Waals surface area contributed by atoms with E-state index in [2.05, 4.69) is 51.5 Å². The van der Waals surface area contributed by atoms with E-state index in [1.54, 1.807) is 0 Å². The van der Waals surface area contributed by atoms with Gasteiger partial charge in [-0.1, -0.05) is 13.8 Å². The number of nitrogens with zero attached hydrogens (tertiary/aromatic N) is 2. The van der Waals surface area contributed by atoms with E-state index in [-0.39, 0.29) is 21.1 Å². The van der Waals surface area contributed by atoms with Gasteiger partial charge in [-0.15, -0.1) is 0 Å². The molecule has 148 valence electrons. The Morgan fingerprint density at radius 1 is 0.880 bits per heavy atom. The summed E-state index contributed by atoms with van der Waals surface area (Å²) in [5.74, 6) is 0.907. The first-order valence-electron chi connectivity index (χ1n) is 10.9. The maximum absolute atomic E-state index is 2.83. The van der Waals surface area contributed by atoms with E-state index in [0.717, 1.165) is 9.85 Å². The summed E-state index contributed by atoms with van der Waals surface area (Å²) in [7, 11) is 2.28. The van der Waals surface area contributed by atoms with Crippen LogP contribution in [0.15, 0.2) is 0 Å². The zero-order valence-electron chi connectivity index (χ0n) is 18.6. The molecule has 0 N–H and O–H groups in total. The fourth-order valence-corrected chi connectivity index (χ4v) is 8.69. The first kappa shape index (κ1) is 23.8. The van der Waals surface area contributed by atoms with Crippen LogP contribution >= 0.6 is 0 Å². The van der Waals surface area contributed by atoms with E-state index in [1.807, 2.05) is 13.8 Å². The van der Waals surface area contributed by atoms with E-state index < -0.39 is 0 Å². The third-order valence-corrected chi connectivity index (χ3v) is 11.0. The van der Waals surface area contributed by atoms with Gasteiger partial charge < -0.3 is 0 Å². The van der Waals surface area contributed by atoms with Crippen molar-refractivity contribution in [1.82, 2.24) is 9.80 Å². The molecule has 0 amide bonds. The van der Waals surface area contributed by atoms with E-state index in [1.165, 1.54) is 62.7 Å². The molecule has 0 spiro atoms. The fourth-order valence-electron chi connectivity index (χ4n) is 5.14. The van der Waals surface area contributed by atoms with Crippen LogP contribution in [0, 0.1) is 11.3 Å². The van der Waals surface area contributed by atoms with Crippen LogP contribution in [0.25, 0.3) is 0 Å². The monoisotopic (exact) mass is 458 g/mol. The molecule has 2 fully saturated rings. The zero-order valence-corrected chi connectivity index (χ0v) is 21.5. The number of rotatable bonds is 6. The molecule has 2 nitrogen and oxygen atoms in total. The van der Waals surface area contributed by atoms with Crippen molar-refractivity contribution in [3.05, 3.63) is 0 Å². The topological polar surface area (TPSA) is 6.48 Å². The van der Waals surface area contributed by atoms with Crippen LogP contribution in [-0.4, -0.2) is 69.7 Å². The van der Waals surface area contributed by atoms with Crippen LogP contribution in [0.5, 0.6) is 0 Å². The van der Waals surface area contributed by atoms with Gasteiger partial charge in [-0.3, -0.25) is 0 Å². The summed E-state index contributed by atoms with van der Waals surface area (Å²) in [4.78, 5) is 5.33. The third-order valence-electron chi connectivity index (χ3n) is 6.56. The summed E-state index contributed by atoms with van der Waals surface area (Å²) in [6, 6.07) is 0. The molecular weight excluding hydrogens is 411 g/mol. The molecular formula is C22H46N2Sn. The second kappa shape index (κ2) is 10.9. The zero-order chi connectivity index (χ0) is 19.1.